The van der Waals surface area contributed by atoms with Gasteiger partial charge in [-0.1, -0.05) is 18.0 Å². The highest BCUT2D eigenvalue weighted by atomic mass is 32.2. The maximum Gasteiger partial charge on any atom is 0.316 e. The van der Waals surface area contributed by atoms with Gasteiger partial charge in [0.2, 0.25) is 0 Å². The number of urea groups is 1. The molecule has 0 heterocycles. The lowest BCUT2D eigenvalue weighted by Gasteiger charge is -2.11. The van der Waals surface area contributed by atoms with Crippen LogP contribution in [0.2, 0.25) is 0 Å². The average Bonchev–Trinajstić information content (AvgIpc) is 2.79. The summed E-state index contributed by atoms with van der Waals surface area (Å²) in [7, 11) is -9.76. The smallest absolute Gasteiger partial charge is 0.316 e. The Morgan fingerprint density at radius 3 is 2.25 bits per heavy atom. The molecule has 3 aromatic rings. The number of hydrogen-bond acceptors (Lipinski definition) is 11. The normalized spacial score (nSPS) is 12.3. The van der Waals surface area contributed by atoms with E-state index >= 15 is 0 Å². The molecule has 36 heavy (non-hydrogen) atoms. The van der Waals surface area contributed by atoms with Gasteiger partial charge in [-0.2, -0.15) is 16.8 Å². The van der Waals surface area contributed by atoms with E-state index in [9.17, 15) is 30.7 Å². The summed E-state index contributed by atoms with van der Waals surface area (Å²) in [4.78, 5) is 9.95. The summed E-state index contributed by atoms with van der Waals surface area (Å²) in [5, 5.41) is 21.7. The van der Waals surface area contributed by atoms with Crippen LogP contribution in [-0.4, -0.2) is 37.2 Å². The van der Waals surface area contributed by atoms with Gasteiger partial charge in [0.25, 0.3) is 20.2 Å². The van der Waals surface area contributed by atoms with Crippen molar-refractivity contribution in [3.8, 4) is 0 Å². The number of azo groups is 1. The summed E-state index contributed by atoms with van der Waals surface area (Å²) >= 11 is 0.354. The van der Waals surface area contributed by atoms with Crippen LogP contribution < -0.4 is 11.1 Å². The number of amides is 2. The molecule has 0 aliphatic rings. The van der Waals surface area contributed by atoms with Crippen molar-refractivity contribution in [1.29, 1.82) is 0 Å². The number of primary amides is 1. The summed E-state index contributed by atoms with van der Waals surface area (Å²) in [5.74, 6) is 0. The molecule has 3 aromatic carbocycles. The Morgan fingerprint density at radius 1 is 1.00 bits per heavy atom. The van der Waals surface area contributed by atoms with Gasteiger partial charge in [-0.05, 0) is 53.8 Å². The number of carbonyl (C=O) groups is 1. The third kappa shape index (κ3) is 6.53. The highest BCUT2D eigenvalue weighted by molar-refractivity contribution is 7.94. The molecule has 0 unspecified atom stereocenters. The standard InChI is InChI=1S/C19H18N4O10S3/c1-2-10-3-4-14(15(5-10)21-19(20)24)22-23-16-9-13-11(7-18(16)36(29,30)31)6-12(34-33-32-25)8-17(13)35(26,27)28/h3-9,25H,2H2,1H3,(H3,20,21,24)(H,26,27,28)(H,29,30,31). The molecule has 14 nitrogen and oxygen atoms in total. The molecule has 0 aliphatic heterocycles. The van der Waals surface area contributed by atoms with Gasteiger partial charge < -0.3 is 11.1 Å². The van der Waals surface area contributed by atoms with Crippen LogP contribution in [0.3, 0.4) is 0 Å². The van der Waals surface area contributed by atoms with E-state index in [1.165, 1.54) is 12.1 Å². The lowest BCUT2D eigenvalue weighted by molar-refractivity contribution is -0.432. The monoisotopic (exact) mass is 558 g/mol. The van der Waals surface area contributed by atoms with Crippen LogP contribution in [-0.2, 0) is 36.0 Å². The number of nitrogens with one attached hydrogen (secondary N) is 1. The van der Waals surface area contributed by atoms with Gasteiger partial charge in [0.15, 0.2) is 0 Å². The number of anilines is 1. The highest BCUT2D eigenvalue weighted by Crippen LogP contribution is 2.37. The second-order valence-electron chi connectivity index (χ2n) is 7.03. The Morgan fingerprint density at radius 2 is 1.67 bits per heavy atom. The second-order valence-corrected chi connectivity index (χ2v) is 10.6. The van der Waals surface area contributed by atoms with E-state index in [0.717, 1.165) is 23.8 Å². The minimum absolute atomic E-state index is 0.0157. The van der Waals surface area contributed by atoms with Crippen molar-refractivity contribution < 1.29 is 45.4 Å². The van der Waals surface area contributed by atoms with E-state index < -0.39 is 41.7 Å². The van der Waals surface area contributed by atoms with E-state index in [1.807, 2.05) is 6.92 Å². The molecular weight excluding hydrogens is 540 g/mol. The number of rotatable bonds is 9. The molecule has 0 radical (unpaired) electrons. The largest absolute Gasteiger partial charge is 0.351 e. The number of hydrogen-bond donors (Lipinski definition) is 5. The number of carbonyl (C=O) groups excluding carboxylic acids is 1. The van der Waals surface area contributed by atoms with Gasteiger partial charge >= 0.3 is 6.03 Å². The first-order chi connectivity index (χ1) is 16.8. The lowest BCUT2D eigenvalue weighted by Crippen LogP contribution is -2.19. The lowest BCUT2D eigenvalue weighted by atomic mass is 10.1. The summed E-state index contributed by atoms with van der Waals surface area (Å²) < 4.78 is 71.9. The average molecular weight is 559 g/mol. The quantitative estimate of drug-likeness (QED) is 0.0820. The number of aryl methyl sites for hydroxylation is 1. The molecule has 0 saturated heterocycles. The fraction of sp³-hybridized carbons (Fsp3) is 0.105. The minimum atomic E-state index is -4.91. The van der Waals surface area contributed by atoms with E-state index in [2.05, 4.69) is 24.9 Å². The van der Waals surface area contributed by atoms with Crippen LogP contribution >= 0.6 is 12.0 Å². The summed E-state index contributed by atoms with van der Waals surface area (Å²) in [6.45, 7) is 1.87. The molecule has 17 heteroatoms. The van der Waals surface area contributed by atoms with Crippen LogP contribution in [0.1, 0.15) is 12.5 Å². The van der Waals surface area contributed by atoms with Crippen molar-refractivity contribution in [1.82, 2.24) is 0 Å². The highest BCUT2D eigenvalue weighted by Gasteiger charge is 2.22. The van der Waals surface area contributed by atoms with E-state index in [1.54, 1.807) is 12.1 Å². The van der Waals surface area contributed by atoms with Crippen LogP contribution in [0.4, 0.5) is 21.9 Å². The first-order valence-electron chi connectivity index (χ1n) is 9.66. The van der Waals surface area contributed by atoms with Crippen molar-refractivity contribution in [3.63, 3.8) is 0 Å². The zero-order chi connectivity index (χ0) is 26.7. The molecule has 0 atom stereocenters. The molecule has 6 N–H and O–H groups in total. The van der Waals surface area contributed by atoms with Gasteiger partial charge in [0.1, 0.15) is 21.2 Å². The number of nitrogens with two attached hydrogens (primary N) is 1. The van der Waals surface area contributed by atoms with E-state index in [0.29, 0.717) is 18.5 Å². The summed E-state index contributed by atoms with van der Waals surface area (Å²) in [6.07, 6.45) is 0.622. The predicted octanol–water partition coefficient (Wildman–Crippen LogP) is 4.23. The molecule has 0 fully saturated rings. The molecule has 3 rings (SSSR count). The molecule has 0 spiro atoms. The van der Waals surface area contributed by atoms with Crippen LogP contribution in [0, 0.1) is 0 Å². The molecule has 2 amide bonds. The Balaban J connectivity index is 2.26. The van der Waals surface area contributed by atoms with Gasteiger partial charge in [0, 0.05) is 10.3 Å². The van der Waals surface area contributed by atoms with Crippen LogP contribution in [0.15, 0.2) is 67.4 Å². The zero-order valence-electron chi connectivity index (χ0n) is 18.1. The van der Waals surface area contributed by atoms with Crippen LogP contribution in [0.5, 0.6) is 0 Å². The Hall–Kier alpha value is -3.16. The number of benzene rings is 3. The minimum Gasteiger partial charge on any atom is -0.351 e. The summed E-state index contributed by atoms with van der Waals surface area (Å²) in [5.41, 5.74) is 5.79. The van der Waals surface area contributed by atoms with Crippen molar-refractivity contribution in [2.75, 3.05) is 5.32 Å². The van der Waals surface area contributed by atoms with Gasteiger partial charge in [0.05, 0.1) is 17.7 Å². The Kier molecular flexibility index (Phi) is 8.26. The maximum absolute atomic E-state index is 12.1. The third-order valence-corrected chi connectivity index (χ3v) is 7.01. The molecule has 0 saturated carbocycles. The number of fused-ring (bicyclic) bond motifs is 1. The Labute approximate surface area is 208 Å². The third-order valence-electron chi connectivity index (χ3n) is 4.68. The van der Waals surface area contributed by atoms with Crippen molar-refractivity contribution in [3.05, 3.63) is 48.0 Å². The van der Waals surface area contributed by atoms with Gasteiger partial charge in [-0.3, -0.25) is 9.11 Å². The molecule has 0 bridgehead atoms. The van der Waals surface area contributed by atoms with Crippen molar-refractivity contribution in [2.45, 2.75) is 28.0 Å². The molecule has 0 aliphatic carbocycles. The molecular formula is C19H18N4O10S3. The Bertz CT molecular complexity index is 1570. The second kappa shape index (κ2) is 10.8. The van der Waals surface area contributed by atoms with Gasteiger partial charge in [-0.15, -0.1) is 14.6 Å². The first-order valence-corrected chi connectivity index (χ1v) is 13.3. The zero-order valence-corrected chi connectivity index (χ0v) is 20.6. The van der Waals surface area contributed by atoms with Crippen molar-refractivity contribution in [2.24, 2.45) is 16.0 Å². The molecule has 0 aromatic heterocycles. The maximum atomic E-state index is 12.1. The van der Waals surface area contributed by atoms with Crippen LogP contribution in [0.25, 0.3) is 10.8 Å². The topological polar surface area (TPSA) is 227 Å². The SMILES string of the molecule is CCc1ccc(N=Nc2cc3c(S(=O)(=O)O)cc(SOOO)cc3cc2S(=O)(=O)O)c(NC(N)=O)c1. The van der Waals surface area contributed by atoms with Crippen molar-refractivity contribution >= 4 is 66.1 Å². The predicted molar refractivity (Wildman–Crippen MR) is 127 cm³/mol. The fourth-order valence-corrected chi connectivity index (χ4v) is 5.05. The number of nitrogens with zero attached hydrogens (tertiary/aromatic N) is 2. The molecule has 192 valence electrons. The van der Waals surface area contributed by atoms with Gasteiger partial charge in [-0.25, -0.2) is 10.1 Å². The first kappa shape index (κ1) is 27.4. The summed E-state index contributed by atoms with van der Waals surface area (Å²) in [6, 6.07) is 7.94. The fourth-order valence-electron chi connectivity index (χ4n) is 3.15. The van der Waals surface area contributed by atoms with E-state index in [4.69, 9.17) is 11.0 Å². The van der Waals surface area contributed by atoms with E-state index in [-0.39, 0.29) is 27.0 Å².